The van der Waals surface area contributed by atoms with E-state index in [0.29, 0.717) is 17.5 Å². The van der Waals surface area contributed by atoms with Crippen molar-refractivity contribution in [2.24, 2.45) is 11.8 Å². The van der Waals surface area contributed by atoms with E-state index >= 15 is 0 Å². The number of hydrogen-bond acceptors (Lipinski definition) is 4. The van der Waals surface area contributed by atoms with Crippen molar-refractivity contribution in [2.45, 2.75) is 39.7 Å². The number of rotatable bonds is 6. The molecular weight excluding hydrogens is 316 g/mol. The second kappa shape index (κ2) is 6.31. The summed E-state index contributed by atoms with van der Waals surface area (Å²) in [7, 11) is 0. The van der Waals surface area contributed by atoms with Crippen molar-refractivity contribution in [2.75, 3.05) is 5.32 Å². The first-order valence-corrected chi connectivity index (χ1v) is 8.79. The normalized spacial score (nSPS) is 14.4. The van der Waals surface area contributed by atoms with Crippen molar-refractivity contribution < 1.29 is 4.79 Å². The summed E-state index contributed by atoms with van der Waals surface area (Å²) in [4.78, 5) is 16.3. The second-order valence-electron chi connectivity index (χ2n) is 7.05. The molecule has 1 aliphatic rings. The molecule has 3 aromatic heterocycles. The third kappa shape index (κ3) is 3.40. The van der Waals surface area contributed by atoms with Crippen LogP contribution in [0.3, 0.4) is 0 Å². The van der Waals surface area contributed by atoms with Crippen molar-refractivity contribution in [3.8, 4) is 11.3 Å². The van der Waals surface area contributed by atoms with Gasteiger partial charge in [0.2, 0.25) is 11.9 Å². The molecule has 7 nitrogen and oxygen atoms in total. The van der Waals surface area contributed by atoms with Crippen LogP contribution in [0.5, 0.6) is 0 Å². The van der Waals surface area contributed by atoms with Crippen LogP contribution in [0.25, 0.3) is 16.9 Å². The summed E-state index contributed by atoms with van der Waals surface area (Å²) in [5.74, 6) is 1.14. The average molecular weight is 338 g/mol. The Morgan fingerprint density at radius 2 is 2.20 bits per heavy atom. The number of hydrogen-bond donors (Lipinski definition) is 1. The molecule has 4 rings (SSSR count). The SMILES string of the molecule is CC(C)CCn1cc(-c2cccc3nc(NC(=O)C4CC4)nn23)cn1. The number of nitrogens with one attached hydrogen (secondary N) is 1. The fourth-order valence-corrected chi connectivity index (χ4v) is 2.74. The van der Waals surface area contributed by atoms with E-state index < -0.39 is 0 Å². The Labute approximate surface area is 146 Å². The molecule has 0 spiro atoms. The molecule has 0 unspecified atom stereocenters. The first kappa shape index (κ1) is 15.8. The molecule has 0 radical (unpaired) electrons. The monoisotopic (exact) mass is 338 g/mol. The van der Waals surface area contributed by atoms with Gasteiger partial charge in [-0.3, -0.25) is 14.8 Å². The Morgan fingerprint density at radius 3 is 2.96 bits per heavy atom. The van der Waals surface area contributed by atoms with E-state index in [1.807, 2.05) is 35.3 Å². The quantitative estimate of drug-likeness (QED) is 0.749. The fraction of sp³-hybridized carbons (Fsp3) is 0.444. The van der Waals surface area contributed by atoms with Crippen molar-refractivity contribution >= 4 is 17.5 Å². The van der Waals surface area contributed by atoms with Gasteiger partial charge in [0.05, 0.1) is 11.9 Å². The summed E-state index contributed by atoms with van der Waals surface area (Å²) in [6.07, 6.45) is 6.88. The van der Waals surface area contributed by atoms with Crippen molar-refractivity contribution in [1.82, 2.24) is 24.4 Å². The molecule has 1 amide bonds. The van der Waals surface area contributed by atoms with E-state index in [-0.39, 0.29) is 11.8 Å². The molecule has 1 aliphatic carbocycles. The molecule has 7 heteroatoms. The number of carbonyl (C=O) groups excluding carboxylic acids is 1. The molecule has 0 atom stereocenters. The molecule has 0 bridgehead atoms. The highest BCUT2D eigenvalue weighted by Gasteiger charge is 2.30. The second-order valence-corrected chi connectivity index (χ2v) is 7.05. The largest absolute Gasteiger partial charge is 0.293 e. The predicted molar refractivity (Wildman–Crippen MR) is 95.0 cm³/mol. The van der Waals surface area contributed by atoms with E-state index in [4.69, 9.17) is 0 Å². The Balaban J connectivity index is 1.60. The number of aromatic nitrogens is 5. The highest BCUT2D eigenvalue weighted by molar-refractivity contribution is 5.92. The smallest absolute Gasteiger partial charge is 0.249 e. The van der Waals surface area contributed by atoms with Crippen LogP contribution in [0.15, 0.2) is 30.6 Å². The third-order valence-corrected chi connectivity index (χ3v) is 4.41. The van der Waals surface area contributed by atoms with Crippen LogP contribution in [-0.2, 0) is 11.3 Å². The zero-order valence-electron chi connectivity index (χ0n) is 14.5. The van der Waals surface area contributed by atoms with Crippen LogP contribution >= 0.6 is 0 Å². The van der Waals surface area contributed by atoms with Gasteiger partial charge in [-0.15, -0.1) is 5.10 Å². The van der Waals surface area contributed by atoms with E-state index in [9.17, 15) is 4.79 Å². The van der Waals surface area contributed by atoms with Crippen LogP contribution in [0.4, 0.5) is 5.95 Å². The van der Waals surface area contributed by atoms with Gasteiger partial charge < -0.3 is 0 Å². The number of amides is 1. The van der Waals surface area contributed by atoms with Crippen LogP contribution in [-0.4, -0.2) is 30.3 Å². The molecule has 3 aromatic rings. The number of fused-ring (bicyclic) bond motifs is 1. The van der Waals surface area contributed by atoms with E-state index in [2.05, 4.69) is 34.3 Å². The van der Waals surface area contributed by atoms with Gasteiger partial charge in [-0.25, -0.2) is 4.52 Å². The number of pyridine rings is 1. The standard InChI is InChI=1S/C18H22N6O/c1-12(2)8-9-23-11-14(10-19-23)15-4-3-5-16-20-18(22-24(15)16)21-17(25)13-6-7-13/h3-5,10-13H,6-9H2,1-2H3,(H,21,22,25). The molecule has 0 saturated heterocycles. The molecule has 0 aliphatic heterocycles. The minimum Gasteiger partial charge on any atom is -0.293 e. The first-order chi connectivity index (χ1) is 12.1. The minimum absolute atomic E-state index is 0.0129. The van der Waals surface area contributed by atoms with Crippen molar-refractivity contribution in [1.29, 1.82) is 0 Å². The maximum atomic E-state index is 11.9. The van der Waals surface area contributed by atoms with E-state index in [0.717, 1.165) is 37.1 Å². The molecule has 1 fully saturated rings. The Bertz CT molecular complexity index is 905. The Kier molecular flexibility index (Phi) is 3.99. The van der Waals surface area contributed by atoms with Crippen molar-refractivity contribution in [3.63, 3.8) is 0 Å². The summed E-state index contributed by atoms with van der Waals surface area (Å²) in [5.41, 5.74) is 2.60. The van der Waals surface area contributed by atoms with Gasteiger partial charge in [0, 0.05) is 24.2 Å². The average Bonchev–Trinajstić information content (AvgIpc) is 3.19. The zero-order valence-corrected chi connectivity index (χ0v) is 14.5. The lowest BCUT2D eigenvalue weighted by atomic mass is 10.1. The molecule has 1 N–H and O–H groups in total. The molecular formula is C18H22N6O. The van der Waals surface area contributed by atoms with Crippen molar-refractivity contribution in [3.05, 3.63) is 30.6 Å². The van der Waals surface area contributed by atoms with Gasteiger partial charge in [-0.05, 0) is 37.3 Å². The van der Waals surface area contributed by atoms with Crippen LogP contribution in [0, 0.1) is 11.8 Å². The fourth-order valence-electron chi connectivity index (χ4n) is 2.74. The molecule has 1 saturated carbocycles. The number of aryl methyl sites for hydroxylation is 1. The van der Waals surface area contributed by atoms with Gasteiger partial charge in [-0.2, -0.15) is 10.1 Å². The topological polar surface area (TPSA) is 77.1 Å². The summed E-state index contributed by atoms with van der Waals surface area (Å²) in [6, 6.07) is 5.81. The van der Waals surface area contributed by atoms with Gasteiger partial charge in [0.15, 0.2) is 5.65 Å². The van der Waals surface area contributed by atoms with E-state index in [1.165, 1.54) is 0 Å². The lowest BCUT2D eigenvalue weighted by Crippen LogP contribution is -2.14. The maximum absolute atomic E-state index is 11.9. The zero-order chi connectivity index (χ0) is 17.4. The van der Waals surface area contributed by atoms with E-state index in [1.54, 1.807) is 4.52 Å². The first-order valence-electron chi connectivity index (χ1n) is 8.79. The molecule has 25 heavy (non-hydrogen) atoms. The highest BCUT2D eigenvalue weighted by Crippen LogP contribution is 2.30. The summed E-state index contributed by atoms with van der Waals surface area (Å²) >= 11 is 0. The van der Waals surface area contributed by atoms with Gasteiger partial charge >= 0.3 is 0 Å². The Hall–Kier alpha value is -2.70. The third-order valence-electron chi connectivity index (χ3n) is 4.41. The van der Waals surface area contributed by atoms with Crippen LogP contribution in [0.2, 0.25) is 0 Å². The lowest BCUT2D eigenvalue weighted by Gasteiger charge is -2.04. The van der Waals surface area contributed by atoms with Crippen LogP contribution in [0.1, 0.15) is 33.1 Å². The number of nitrogens with zero attached hydrogens (tertiary/aromatic N) is 5. The Morgan fingerprint density at radius 1 is 1.36 bits per heavy atom. The summed E-state index contributed by atoms with van der Waals surface area (Å²) < 4.78 is 3.72. The maximum Gasteiger partial charge on any atom is 0.249 e. The van der Waals surface area contributed by atoms with Gasteiger partial charge in [0.25, 0.3) is 0 Å². The van der Waals surface area contributed by atoms with Gasteiger partial charge in [-0.1, -0.05) is 19.9 Å². The molecule has 130 valence electrons. The summed E-state index contributed by atoms with van der Waals surface area (Å²) in [6.45, 7) is 5.31. The lowest BCUT2D eigenvalue weighted by molar-refractivity contribution is -0.117. The molecule has 0 aromatic carbocycles. The minimum atomic E-state index is 0.0129. The highest BCUT2D eigenvalue weighted by atomic mass is 16.2. The summed E-state index contributed by atoms with van der Waals surface area (Å²) in [5, 5.41) is 11.7. The van der Waals surface area contributed by atoms with Crippen LogP contribution < -0.4 is 5.32 Å². The number of carbonyl (C=O) groups is 1. The number of anilines is 1. The predicted octanol–water partition coefficient (Wildman–Crippen LogP) is 2.99. The molecule has 3 heterocycles. The van der Waals surface area contributed by atoms with Gasteiger partial charge in [0.1, 0.15) is 0 Å².